The standard InChI is InChI=1S/C13H15N3O2/c1-16-13(10-6-3-2-4-7-10)14-11(15-16)8-5-9-12(17)18/h2-4,6-7H,5,8-9H2,1H3,(H,17,18). The van der Waals surface area contributed by atoms with Gasteiger partial charge in [-0.2, -0.15) is 5.10 Å². The molecular formula is C13H15N3O2. The van der Waals surface area contributed by atoms with Gasteiger partial charge < -0.3 is 5.11 Å². The molecule has 2 aromatic rings. The summed E-state index contributed by atoms with van der Waals surface area (Å²) in [6.07, 6.45) is 1.31. The van der Waals surface area contributed by atoms with Crippen LogP contribution >= 0.6 is 0 Å². The Hall–Kier alpha value is -2.17. The van der Waals surface area contributed by atoms with E-state index >= 15 is 0 Å². The maximum absolute atomic E-state index is 10.4. The van der Waals surface area contributed by atoms with Crippen LogP contribution in [0.5, 0.6) is 0 Å². The molecule has 1 aromatic heterocycles. The van der Waals surface area contributed by atoms with Gasteiger partial charge in [0.25, 0.3) is 0 Å². The van der Waals surface area contributed by atoms with Gasteiger partial charge in [0.2, 0.25) is 0 Å². The second-order valence-electron chi connectivity index (χ2n) is 4.09. The molecule has 0 amide bonds. The minimum atomic E-state index is -0.783. The van der Waals surface area contributed by atoms with Crippen molar-refractivity contribution in [2.24, 2.45) is 7.05 Å². The van der Waals surface area contributed by atoms with Crippen LogP contribution in [0, 0.1) is 0 Å². The third-order valence-electron chi connectivity index (χ3n) is 2.63. The topological polar surface area (TPSA) is 68.0 Å². The monoisotopic (exact) mass is 245 g/mol. The summed E-state index contributed by atoms with van der Waals surface area (Å²) in [5, 5.41) is 12.9. The summed E-state index contributed by atoms with van der Waals surface area (Å²) >= 11 is 0. The van der Waals surface area contributed by atoms with Gasteiger partial charge in [0.1, 0.15) is 0 Å². The number of nitrogens with zero attached hydrogens (tertiary/aromatic N) is 3. The first-order chi connectivity index (χ1) is 8.66. The van der Waals surface area contributed by atoms with Crippen molar-refractivity contribution in [1.82, 2.24) is 14.8 Å². The van der Waals surface area contributed by atoms with Gasteiger partial charge in [-0.05, 0) is 6.42 Å². The van der Waals surface area contributed by atoms with E-state index in [4.69, 9.17) is 5.11 Å². The van der Waals surface area contributed by atoms with E-state index in [9.17, 15) is 4.79 Å². The number of hydrogen-bond donors (Lipinski definition) is 1. The average molecular weight is 245 g/mol. The molecule has 94 valence electrons. The molecule has 0 spiro atoms. The molecule has 5 heteroatoms. The van der Waals surface area contributed by atoms with Gasteiger partial charge in [0.05, 0.1) is 0 Å². The van der Waals surface area contributed by atoms with Crippen LogP contribution in [0.4, 0.5) is 0 Å². The molecule has 18 heavy (non-hydrogen) atoms. The first-order valence-electron chi connectivity index (χ1n) is 5.84. The number of carboxylic acids is 1. The lowest BCUT2D eigenvalue weighted by atomic mass is 10.2. The fourth-order valence-electron chi connectivity index (χ4n) is 1.78. The molecule has 0 aliphatic carbocycles. The summed E-state index contributed by atoms with van der Waals surface area (Å²) in [5.41, 5.74) is 1.01. The second-order valence-corrected chi connectivity index (χ2v) is 4.09. The van der Waals surface area contributed by atoms with Gasteiger partial charge in [0, 0.05) is 25.5 Å². The van der Waals surface area contributed by atoms with Crippen molar-refractivity contribution in [1.29, 1.82) is 0 Å². The summed E-state index contributed by atoms with van der Waals surface area (Å²) in [7, 11) is 1.84. The molecule has 0 saturated carbocycles. The molecule has 0 aliphatic rings. The molecule has 0 aliphatic heterocycles. The van der Waals surface area contributed by atoms with E-state index in [1.165, 1.54) is 0 Å². The molecule has 1 aromatic carbocycles. The van der Waals surface area contributed by atoms with Crippen molar-refractivity contribution >= 4 is 5.97 Å². The minimum Gasteiger partial charge on any atom is -0.481 e. The summed E-state index contributed by atoms with van der Waals surface area (Å²) in [5.74, 6) is 0.716. The zero-order valence-corrected chi connectivity index (χ0v) is 10.2. The van der Waals surface area contributed by atoms with Crippen LogP contribution in [-0.2, 0) is 18.3 Å². The number of carbonyl (C=O) groups is 1. The van der Waals surface area contributed by atoms with Crippen LogP contribution in [0.1, 0.15) is 18.7 Å². The number of carboxylic acid groups (broad SMARTS) is 1. The van der Waals surface area contributed by atoms with Gasteiger partial charge in [-0.3, -0.25) is 4.79 Å². The molecule has 0 radical (unpaired) electrons. The van der Waals surface area contributed by atoms with Crippen LogP contribution < -0.4 is 0 Å². The van der Waals surface area contributed by atoms with Crippen molar-refractivity contribution < 1.29 is 9.90 Å². The van der Waals surface area contributed by atoms with Gasteiger partial charge in [0.15, 0.2) is 11.6 Å². The normalized spacial score (nSPS) is 10.5. The maximum atomic E-state index is 10.4. The average Bonchev–Trinajstić information content (AvgIpc) is 2.71. The van der Waals surface area contributed by atoms with Crippen LogP contribution in [0.2, 0.25) is 0 Å². The first-order valence-corrected chi connectivity index (χ1v) is 5.84. The number of rotatable bonds is 5. The molecule has 0 unspecified atom stereocenters. The lowest BCUT2D eigenvalue weighted by Gasteiger charge is -1.97. The van der Waals surface area contributed by atoms with E-state index < -0.39 is 5.97 Å². The van der Waals surface area contributed by atoms with E-state index in [2.05, 4.69) is 10.1 Å². The third-order valence-corrected chi connectivity index (χ3v) is 2.63. The van der Waals surface area contributed by atoms with Crippen LogP contribution in [0.3, 0.4) is 0 Å². The van der Waals surface area contributed by atoms with E-state index in [-0.39, 0.29) is 6.42 Å². The Bertz CT molecular complexity index is 534. The van der Waals surface area contributed by atoms with Crippen molar-refractivity contribution in [3.63, 3.8) is 0 Å². The molecule has 1 heterocycles. The molecule has 5 nitrogen and oxygen atoms in total. The van der Waals surface area contributed by atoms with Crippen LogP contribution in [0.25, 0.3) is 11.4 Å². The highest BCUT2D eigenvalue weighted by Crippen LogP contribution is 2.16. The quantitative estimate of drug-likeness (QED) is 0.873. The van der Waals surface area contributed by atoms with E-state index in [1.54, 1.807) is 4.68 Å². The van der Waals surface area contributed by atoms with E-state index in [0.717, 1.165) is 11.4 Å². The molecule has 1 N–H and O–H groups in total. The number of hydrogen-bond acceptors (Lipinski definition) is 3. The predicted octanol–water partition coefficient (Wildman–Crippen LogP) is 1.89. The fraction of sp³-hybridized carbons (Fsp3) is 0.308. The Kier molecular flexibility index (Phi) is 3.72. The Morgan fingerprint density at radius 3 is 2.72 bits per heavy atom. The number of benzene rings is 1. The van der Waals surface area contributed by atoms with Crippen molar-refractivity contribution in [3.8, 4) is 11.4 Å². The Balaban J connectivity index is 2.10. The highest BCUT2D eigenvalue weighted by molar-refractivity contribution is 5.66. The maximum Gasteiger partial charge on any atom is 0.303 e. The van der Waals surface area contributed by atoms with E-state index in [1.807, 2.05) is 37.4 Å². The largest absolute Gasteiger partial charge is 0.481 e. The van der Waals surface area contributed by atoms with Crippen LogP contribution in [-0.4, -0.2) is 25.8 Å². The molecular weight excluding hydrogens is 230 g/mol. The smallest absolute Gasteiger partial charge is 0.303 e. The SMILES string of the molecule is Cn1nc(CCCC(=O)O)nc1-c1ccccc1. The second kappa shape index (κ2) is 5.44. The molecule has 0 bridgehead atoms. The van der Waals surface area contributed by atoms with Gasteiger partial charge in [-0.1, -0.05) is 30.3 Å². The summed E-state index contributed by atoms with van der Waals surface area (Å²) in [6, 6.07) is 9.81. The molecule has 2 rings (SSSR count). The predicted molar refractivity (Wildman–Crippen MR) is 67.0 cm³/mol. The summed E-state index contributed by atoms with van der Waals surface area (Å²) in [4.78, 5) is 14.9. The Morgan fingerprint density at radius 1 is 1.33 bits per heavy atom. The summed E-state index contributed by atoms with van der Waals surface area (Å²) in [6.45, 7) is 0. The number of aryl methyl sites for hydroxylation is 2. The van der Waals surface area contributed by atoms with Crippen LogP contribution in [0.15, 0.2) is 30.3 Å². The van der Waals surface area contributed by atoms with Crippen molar-refractivity contribution in [2.75, 3.05) is 0 Å². The van der Waals surface area contributed by atoms with Gasteiger partial charge >= 0.3 is 5.97 Å². The highest BCUT2D eigenvalue weighted by atomic mass is 16.4. The minimum absolute atomic E-state index is 0.152. The van der Waals surface area contributed by atoms with Crippen molar-refractivity contribution in [3.05, 3.63) is 36.2 Å². The Morgan fingerprint density at radius 2 is 2.06 bits per heavy atom. The van der Waals surface area contributed by atoms with Gasteiger partial charge in [-0.15, -0.1) is 0 Å². The zero-order valence-electron chi connectivity index (χ0n) is 10.2. The number of aliphatic carboxylic acids is 1. The van der Waals surface area contributed by atoms with E-state index in [0.29, 0.717) is 18.7 Å². The summed E-state index contributed by atoms with van der Waals surface area (Å²) < 4.78 is 1.73. The third kappa shape index (κ3) is 2.94. The first kappa shape index (κ1) is 12.3. The Labute approximate surface area is 105 Å². The van der Waals surface area contributed by atoms with Gasteiger partial charge in [-0.25, -0.2) is 9.67 Å². The molecule has 0 atom stereocenters. The molecule has 0 fully saturated rings. The number of aromatic nitrogens is 3. The zero-order chi connectivity index (χ0) is 13.0. The lowest BCUT2D eigenvalue weighted by molar-refractivity contribution is -0.137. The fourth-order valence-corrected chi connectivity index (χ4v) is 1.78. The highest BCUT2D eigenvalue weighted by Gasteiger charge is 2.09. The van der Waals surface area contributed by atoms with Crippen molar-refractivity contribution in [2.45, 2.75) is 19.3 Å². The molecule has 0 saturated heterocycles. The lowest BCUT2D eigenvalue weighted by Crippen LogP contribution is -1.97.